The van der Waals surface area contributed by atoms with Crippen molar-refractivity contribution in [3.63, 3.8) is 0 Å². The second-order valence-corrected chi connectivity index (χ2v) is 10.2. The quantitative estimate of drug-likeness (QED) is 0.204. The third kappa shape index (κ3) is 6.46. The van der Waals surface area contributed by atoms with Crippen LogP contribution >= 0.6 is 0 Å². The average molecular weight is 592 g/mol. The van der Waals surface area contributed by atoms with Crippen molar-refractivity contribution in [2.45, 2.75) is 38.6 Å². The Morgan fingerprint density at radius 3 is 2.59 bits per heavy atom. The molecule has 5 N–H and O–H groups in total. The Morgan fingerprint density at radius 2 is 1.86 bits per heavy atom. The standard InChI is InChI=1S/C32H33N9O3/c1-2-24(36-29-23(20-33)28(34)38-32(35)39-29)30-37-25-14-9-11-21(27(25)31(43)41(30)22-12-6-4-7-13-22)10-5-3-8-15-26(42)40-16-18-44-19-17-40/h4,6-7,9,11-14,24H,2-3,8,15-19H2,1H3,(H5,34,35,36,38,39). The van der Waals surface area contributed by atoms with Crippen LogP contribution in [-0.4, -0.2) is 56.6 Å². The van der Waals surface area contributed by atoms with Gasteiger partial charge in [-0.15, -0.1) is 0 Å². The molecule has 0 saturated carbocycles. The van der Waals surface area contributed by atoms with E-state index in [1.165, 1.54) is 0 Å². The topological polar surface area (TPSA) is 178 Å². The Balaban J connectivity index is 1.51. The average Bonchev–Trinajstić information content (AvgIpc) is 3.03. The Labute approximate surface area is 254 Å². The van der Waals surface area contributed by atoms with E-state index in [1.54, 1.807) is 16.7 Å². The van der Waals surface area contributed by atoms with E-state index in [-0.39, 0.29) is 34.6 Å². The first kappa shape index (κ1) is 30.0. The van der Waals surface area contributed by atoms with Gasteiger partial charge in [0.25, 0.3) is 5.56 Å². The molecule has 0 bridgehead atoms. The van der Waals surface area contributed by atoms with Crippen LogP contribution in [0.5, 0.6) is 0 Å². The molecule has 1 atom stereocenters. The third-order valence-electron chi connectivity index (χ3n) is 7.31. The van der Waals surface area contributed by atoms with Gasteiger partial charge in [0, 0.05) is 31.5 Å². The van der Waals surface area contributed by atoms with Gasteiger partial charge in [-0.2, -0.15) is 15.2 Å². The van der Waals surface area contributed by atoms with Crippen LogP contribution in [0.15, 0.2) is 53.3 Å². The summed E-state index contributed by atoms with van der Waals surface area (Å²) in [5.74, 6) is 6.84. The summed E-state index contributed by atoms with van der Waals surface area (Å²) in [5, 5.41) is 13.3. The number of carbonyl (C=O) groups is 1. The second-order valence-electron chi connectivity index (χ2n) is 10.2. The normalized spacial score (nSPS) is 13.5. The number of nitriles is 1. The molecular weight excluding hydrogens is 558 g/mol. The van der Waals surface area contributed by atoms with Crippen molar-refractivity contribution in [3.8, 4) is 23.6 Å². The van der Waals surface area contributed by atoms with Crippen LogP contribution in [-0.2, 0) is 9.53 Å². The summed E-state index contributed by atoms with van der Waals surface area (Å²) in [4.78, 5) is 41.6. The van der Waals surface area contributed by atoms with Gasteiger partial charge in [0.15, 0.2) is 5.82 Å². The fraction of sp³-hybridized carbons (Fsp3) is 0.312. The molecule has 4 aromatic rings. The number of aromatic nitrogens is 4. The minimum Gasteiger partial charge on any atom is -0.382 e. The number of para-hydroxylation sites is 1. The van der Waals surface area contributed by atoms with Gasteiger partial charge < -0.3 is 26.4 Å². The lowest BCUT2D eigenvalue weighted by atomic mass is 10.1. The van der Waals surface area contributed by atoms with Gasteiger partial charge in [-0.1, -0.05) is 43.0 Å². The number of nitrogens with one attached hydrogen (secondary N) is 1. The summed E-state index contributed by atoms with van der Waals surface area (Å²) in [6.45, 7) is 4.32. The predicted octanol–water partition coefficient (Wildman–Crippen LogP) is 3.16. The molecule has 1 aliphatic heterocycles. The van der Waals surface area contributed by atoms with Gasteiger partial charge in [-0.25, -0.2) is 4.98 Å². The van der Waals surface area contributed by atoms with Crippen LogP contribution in [0.25, 0.3) is 16.6 Å². The number of fused-ring (bicyclic) bond motifs is 1. The number of nitrogen functional groups attached to an aromatic ring is 2. The zero-order valence-corrected chi connectivity index (χ0v) is 24.4. The molecule has 1 fully saturated rings. The highest BCUT2D eigenvalue weighted by atomic mass is 16.5. The van der Waals surface area contributed by atoms with Crippen LogP contribution in [0, 0.1) is 23.2 Å². The number of amides is 1. The number of benzene rings is 2. The molecule has 3 heterocycles. The number of hydrogen-bond acceptors (Lipinski definition) is 10. The zero-order chi connectivity index (χ0) is 31.1. The molecule has 12 nitrogen and oxygen atoms in total. The number of nitrogens with two attached hydrogens (primary N) is 2. The van der Waals surface area contributed by atoms with E-state index in [1.807, 2.05) is 54.3 Å². The molecule has 12 heteroatoms. The smallest absolute Gasteiger partial charge is 0.267 e. The molecule has 0 radical (unpaired) electrons. The maximum atomic E-state index is 14.3. The number of unbranched alkanes of at least 4 members (excludes halogenated alkanes) is 1. The lowest BCUT2D eigenvalue weighted by Gasteiger charge is -2.26. The van der Waals surface area contributed by atoms with Crippen LogP contribution in [0.1, 0.15) is 55.6 Å². The monoisotopic (exact) mass is 591 g/mol. The van der Waals surface area contributed by atoms with Gasteiger partial charge in [-0.3, -0.25) is 14.2 Å². The molecule has 2 aromatic carbocycles. The van der Waals surface area contributed by atoms with Crippen molar-refractivity contribution < 1.29 is 9.53 Å². The van der Waals surface area contributed by atoms with Gasteiger partial charge in [-0.05, 0) is 37.1 Å². The van der Waals surface area contributed by atoms with Crippen molar-refractivity contribution in [2.24, 2.45) is 0 Å². The number of nitrogens with zero attached hydrogens (tertiary/aromatic N) is 6. The number of ether oxygens (including phenoxy) is 1. The van der Waals surface area contributed by atoms with E-state index in [2.05, 4.69) is 27.1 Å². The van der Waals surface area contributed by atoms with Crippen LogP contribution in [0.4, 0.5) is 17.6 Å². The van der Waals surface area contributed by atoms with E-state index in [9.17, 15) is 14.9 Å². The van der Waals surface area contributed by atoms with Crippen LogP contribution in [0.2, 0.25) is 0 Å². The molecule has 1 amide bonds. The SMILES string of the molecule is CCC(Nc1nc(N)nc(N)c1C#N)c1nc2cccc(C#CCCCC(=O)N3CCOCC3)c2c(=O)n1-c1ccccc1. The van der Waals surface area contributed by atoms with Crippen molar-refractivity contribution in [2.75, 3.05) is 43.1 Å². The first-order valence-corrected chi connectivity index (χ1v) is 14.5. The number of hydrogen-bond donors (Lipinski definition) is 3. The molecule has 224 valence electrons. The molecule has 5 rings (SSSR count). The largest absolute Gasteiger partial charge is 0.382 e. The Hall–Kier alpha value is -5.46. The maximum absolute atomic E-state index is 14.3. The van der Waals surface area contributed by atoms with Gasteiger partial charge in [0.05, 0.1) is 35.8 Å². The molecule has 0 spiro atoms. The number of rotatable bonds is 8. The van der Waals surface area contributed by atoms with Crippen LogP contribution in [0.3, 0.4) is 0 Å². The zero-order valence-electron chi connectivity index (χ0n) is 24.4. The summed E-state index contributed by atoms with van der Waals surface area (Å²) in [6.07, 6.45) is 2.04. The lowest BCUT2D eigenvalue weighted by molar-refractivity contribution is -0.135. The van der Waals surface area contributed by atoms with Crippen molar-refractivity contribution >= 4 is 34.4 Å². The van der Waals surface area contributed by atoms with Crippen molar-refractivity contribution in [1.29, 1.82) is 5.26 Å². The highest BCUT2D eigenvalue weighted by Crippen LogP contribution is 2.27. The molecule has 1 saturated heterocycles. The van der Waals surface area contributed by atoms with Crippen molar-refractivity contribution in [3.05, 3.63) is 75.8 Å². The first-order chi connectivity index (χ1) is 21.4. The van der Waals surface area contributed by atoms with E-state index < -0.39 is 6.04 Å². The summed E-state index contributed by atoms with van der Waals surface area (Å²) in [6, 6.07) is 16.1. The summed E-state index contributed by atoms with van der Waals surface area (Å²) < 4.78 is 6.87. The van der Waals surface area contributed by atoms with Gasteiger partial charge >= 0.3 is 0 Å². The molecule has 2 aromatic heterocycles. The summed E-state index contributed by atoms with van der Waals surface area (Å²) >= 11 is 0. The fourth-order valence-corrected chi connectivity index (χ4v) is 5.09. The molecule has 1 unspecified atom stereocenters. The van der Waals surface area contributed by atoms with Gasteiger partial charge in [0.1, 0.15) is 23.3 Å². The van der Waals surface area contributed by atoms with Crippen molar-refractivity contribution in [1.82, 2.24) is 24.4 Å². The Bertz CT molecular complexity index is 1830. The Morgan fingerprint density at radius 1 is 1.09 bits per heavy atom. The number of carbonyl (C=O) groups excluding carboxylic acids is 1. The molecular formula is C32H33N9O3. The number of anilines is 3. The minimum absolute atomic E-state index is 0.0436. The fourth-order valence-electron chi connectivity index (χ4n) is 5.09. The third-order valence-corrected chi connectivity index (χ3v) is 7.31. The highest BCUT2D eigenvalue weighted by Gasteiger charge is 2.23. The maximum Gasteiger partial charge on any atom is 0.267 e. The van der Waals surface area contributed by atoms with E-state index in [4.69, 9.17) is 21.2 Å². The van der Waals surface area contributed by atoms with E-state index in [0.717, 1.165) is 0 Å². The summed E-state index contributed by atoms with van der Waals surface area (Å²) in [7, 11) is 0. The second kappa shape index (κ2) is 13.7. The summed E-state index contributed by atoms with van der Waals surface area (Å²) in [5.41, 5.74) is 13.2. The first-order valence-electron chi connectivity index (χ1n) is 14.5. The van der Waals surface area contributed by atoms with E-state index >= 15 is 0 Å². The molecule has 1 aliphatic rings. The Kier molecular flexibility index (Phi) is 9.33. The van der Waals surface area contributed by atoms with E-state index in [0.29, 0.717) is 80.0 Å². The molecule has 0 aliphatic carbocycles. The highest BCUT2D eigenvalue weighted by molar-refractivity contribution is 5.85. The minimum atomic E-state index is -0.549. The molecule has 44 heavy (non-hydrogen) atoms. The van der Waals surface area contributed by atoms with Crippen LogP contribution < -0.4 is 22.3 Å². The lowest BCUT2D eigenvalue weighted by Crippen LogP contribution is -2.40. The van der Waals surface area contributed by atoms with Gasteiger partial charge in [0.2, 0.25) is 11.9 Å². The predicted molar refractivity (Wildman–Crippen MR) is 168 cm³/mol. The number of morpholine rings is 1.